The number of fused-ring (bicyclic) bond motifs is 1. The number of aliphatic hydroxyl groups is 1. The van der Waals surface area contributed by atoms with Gasteiger partial charge in [-0.1, -0.05) is 0 Å². The van der Waals surface area contributed by atoms with Crippen molar-refractivity contribution in [3.63, 3.8) is 0 Å². The third-order valence-corrected chi connectivity index (χ3v) is 6.08. The summed E-state index contributed by atoms with van der Waals surface area (Å²) in [6, 6.07) is 0.617. The highest BCUT2D eigenvalue weighted by atomic mass is 16.5. The third-order valence-electron chi connectivity index (χ3n) is 6.08. The average Bonchev–Trinajstić information content (AvgIpc) is 2.92. The van der Waals surface area contributed by atoms with Crippen LogP contribution in [-0.2, 0) is 9.47 Å². The van der Waals surface area contributed by atoms with Gasteiger partial charge in [0.25, 0.3) is 0 Å². The molecule has 1 spiro atoms. The van der Waals surface area contributed by atoms with Gasteiger partial charge in [-0.15, -0.1) is 0 Å². The molecule has 3 aliphatic heterocycles. The second-order valence-electron chi connectivity index (χ2n) is 7.29. The summed E-state index contributed by atoms with van der Waals surface area (Å²) < 4.78 is 12.0. The van der Waals surface area contributed by atoms with Crippen LogP contribution in [0.25, 0.3) is 0 Å². The van der Waals surface area contributed by atoms with Crippen molar-refractivity contribution in [2.45, 2.75) is 68.8 Å². The van der Waals surface area contributed by atoms with E-state index in [-0.39, 0.29) is 17.8 Å². The molecule has 0 aromatic rings. The fraction of sp³-hybridized carbons (Fsp3) is 1.00. The first-order valence-electron chi connectivity index (χ1n) is 8.43. The van der Waals surface area contributed by atoms with E-state index in [0.29, 0.717) is 12.0 Å². The molecule has 1 aliphatic carbocycles. The Bertz CT molecular complexity index is 358. The van der Waals surface area contributed by atoms with Crippen LogP contribution < -0.4 is 0 Å². The fourth-order valence-electron chi connectivity index (χ4n) is 4.63. The van der Waals surface area contributed by atoms with Gasteiger partial charge >= 0.3 is 0 Å². The van der Waals surface area contributed by atoms with E-state index in [2.05, 4.69) is 4.90 Å². The highest BCUT2D eigenvalue weighted by Crippen LogP contribution is 2.45. The normalized spacial score (nSPS) is 42.1. The van der Waals surface area contributed by atoms with Crippen molar-refractivity contribution in [2.24, 2.45) is 5.92 Å². The topological polar surface area (TPSA) is 41.9 Å². The summed E-state index contributed by atoms with van der Waals surface area (Å²) >= 11 is 0. The average molecular weight is 281 g/mol. The molecule has 0 aromatic heterocycles. The van der Waals surface area contributed by atoms with Crippen LogP contribution in [-0.4, -0.2) is 60.2 Å². The van der Waals surface area contributed by atoms with E-state index in [1.54, 1.807) is 0 Å². The van der Waals surface area contributed by atoms with Crippen LogP contribution in [0.4, 0.5) is 0 Å². The molecule has 3 saturated heterocycles. The second kappa shape index (κ2) is 5.24. The molecule has 20 heavy (non-hydrogen) atoms. The van der Waals surface area contributed by atoms with Crippen molar-refractivity contribution < 1.29 is 14.6 Å². The highest BCUT2D eigenvalue weighted by Gasteiger charge is 2.46. The summed E-state index contributed by atoms with van der Waals surface area (Å²) in [5, 5.41) is 10.8. The standard InChI is InChI=1S/C16H27NO3/c18-15(12-4-8-20-16(9-12)5-2-6-16)14-10-17-7-1-3-13(17)11-19-14/h12-15,18H,1-11H2. The van der Waals surface area contributed by atoms with Crippen LogP contribution in [0.15, 0.2) is 0 Å². The fourth-order valence-corrected chi connectivity index (χ4v) is 4.63. The lowest BCUT2D eigenvalue weighted by Gasteiger charge is -2.49. The molecule has 4 atom stereocenters. The lowest BCUT2D eigenvalue weighted by Crippen LogP contribution is -2.55. The number of ether oxygens (including phenoxy) is 2. The number of hydrogen-bond acceptors (Lipinski definition) is 4. The smallest absolute Gasteiger partial charge is 0.0964 e. The van der Waals surface area contributed by atoms with Gasteiger partial charge in [-0.25, -0.2) is 0 Å². The van der Waals surface area contributed by atoms with Crippen molar-refractivity contribution in [1.29, 1.82) is 0 Å². The number of hydrogen-bond donors (Lipinski definition) is 1. The minimum Gasteiger partial charge on any atom is -0.390 e. The van der Waals surface area contributed by atoms with E-state index in [1.165, 1.54) is 38.6 Å². The van der Waals surface area contributed by atoms with Gasteiger partial charge in [-0.3, -0.25) is 4.90 Å². The molecule has 3 heterocycles. The van der Waals surface area contributed by atoms with Crippen molar-refractivity contribution in [3.05, 3.63) is 0 Å². The molecule has 1 saturated carbocycles. The van der Waals surface area contributed by atoms with Gasteiger partial charge < -0.3 is 14.6 Å². The van der Waals surface area contributed by atoms with Gasteiger partial charge in [-0.2, -0.15) is 0 Å². The molecule has 4 unspecified atom stereocenters. The summed E-state index contributed by atoms with van der Waals surface area (Å²) in [5.74, 6) is 0.369. The molecule has 0 radical (unpaired) electrons. The summed E-state index contributed by atoms with van der Waals surface area (Å²) in [7, 11) is 0. The Hall–Kier alpha value is -0.160. The molecular weight excluding hydrogens is 254 g/mol. The second-order valence-corrected chi connectivity index (χ2v) is 7.29. The Kier molecular flexibility index (Phi) is 3.53. The van der Waals surface area contributed by atoms with E-state index in [1.807, 2.05) is 0 Å². The minimum absolute atomic E-state index is 0.0181. The largest absolute Gasteiger partial charge is 0.390 e. The van der Waals surface area contributed by atoms with E-state index < -0.39 is 0 Å². The predicted octanol–water partition coefficient (Wildman–Crippen LogP) is 1.56. The number of nitrogens with zero attached hydrogens (tertiary/aromatic N) is 1. The van der Waals surface area contributed by atoms with Crippen LogP contribution in [0.1, 0.15) is 44.9 Å². The maximum absolute atomic E-state index is 10.8. The SMILES string of the molecule is OC(C1CCOC2(CCC2)C1)C1CN2CCCC2CO1. The monoisotopic (exact) mass is 281 g/mol. The minimum atomic E-state index is -0.307. The van der Waals surface area contributed by atoms with E-state index in [9.17, 15) is 5.11 Å². The van der Waals surface area contributed by atoms with Crippen molar-refractivity contribution >= 4 is 0 Å². The maximum Gasteiger partial charge on any atom is 0.0964 e. The van der Waals surface area contributed by atoms with Gasteiger partial charge in [0.05, 0.1) is 24.4 Å². The zero-order valence-corrected chi connectivity index (χ0v) is 12.3. The zero-order chi connectivity index (χ0) is 13.6. The first kappa shape index (κ1) is 13.5. The summed E-state index contributed by atoms with van der Waals surface area (Å²) in [6.45, 7) is 3.75. The van der Waals surface area contributed by atoms with Crippen LogP contribution in [0.3, 0.4) is 0 Å². The Morgan fingerprint density at radius 2 is 2.10 bits per heavy atom. The number of aliphatic hydroxyl groups excluding tert-OH is 1. The van der Waals surface area contributed by atoms with E-state index in [4.69, 9.17) is 9.47 Å². The van der Waals surface area contributed by atoms with Crippen LogP contribution in [0.2, 0.25) is 0 Å². The van der Waals surface area contributed by atoms with Gasteiger partial charge in [0.1, 0.15) is 0 Å². The molecule has 114 valence electrons. The van der Waals surface area contributed by atoms with Gasteiger partial charge in [0.2, 0.25) is 0 Å². The molecule has 4 heteroatoms. The Morgan fingerprint density at radius 3 is 2.90 bits per heavy atom. The van der Waals surface area contributed by atoms with Gasteiger partial charge in [-0.05, 0) is 57.4 Å². The van der Waals surface area contributed by atoms with Crippen LogP contribution in [0.5, 0.6) is 0 Å². The molecule has 0 bridgehead atoms. The molecular formula is C16H27NO3. The first-order valence-corrected chi connectivity index (χ1v) is 8.43. The third kappa shape index (κ3) is 2.31. The van der Waals surface area contributed by atoms with Gasteiger partial charge in [0, 0.05) is 19.2 Å². The van der Waals surface area contributed by atoms with Crippen LogP contribution in [0, 0.1) is 5.92 Å². The lowest BCUT2D eigenvalue weighted by molar-refractivity contribution is -0.179. The van der Waals surface area contributed by atoms with E-state index >= 15 is 0 Å². The Labute approximate surface area is 121 Å². The molecule has 1 N–H and O–H groups in total. The number of rotatable bonds is 2. The molecule has 0 aromatic carbocycles. The summed E-state index contributed by atoms with van der Waals surface area (Å²) in [4.78, 5) is 2.52. The van der Waals surface area contributed by atoms with Crippen molar-refractivity contribution in [1.82, 2.24) is 4.90 Å². The molecule has 0 amide bonds. The lowest BCUT2D eigenvalue weighted by atomic mass is 9.70. The maximum atomic E-state index is 10.8. The molecule has 4 fully saturated rings. The number of morpholine rings is 1. The predicted molar refractivity (Wildman–Crippen MR) is 75.6 cm³/mol. The molecule has 4 nitrogen and oxygen atoms in total. The summed E-state index contributed by atoms with van der Waals surface area (Å²) in [5.41, 5.74) is 0.120. The molecule has 4 rings (SSSR count). The van der Waals surface area contributed by atoms with E-state index in [0.717, 1.165) is 32.6 Å². The molecule has 4 aliphatic rings. The Balaban J connectivity index is 1.38. The Morgan fingerprint density at radius 1 is 1.20 bits per heavy atom. The van der Waals surface area contributed by atoms with Crippen molar-refractivity contribution in [3.8, 4) is 0 Å². The zero-order valence-electron chi connectivity index (χ0n) is 12.3. The summed E-state index contributed by atoms with van der Waals surface area (Å²) in [6.07, 6.45) is 7.97. The highest BCUT2D eigenvalue weighted by molar-refractivity contribution is 4.98. The quantitative estimate of drug-likeness (QED) is 0.834. The van der Waals surface area contributed by atoms with Crippen molar-refractivity contribution in [2.75, 3.05) is 26.3 Å². The van der Waals surface area contributed by atoms with Gasteiger partial charge in [0.15, 0.2) is 0 Å². The first-order chi connectivity index (χ1) is 9.76. The van der Waals surface area contributed by atoms with Crippen LogP contribution >= 0.6 is 0 Å².